The molecule has 1 aromatic rings. The molecule has 1 aliphatic rings. The second-order valence-corrected chi connectivity index (χ2v) is 3.67. The van der Waals surface area contributed by atoms with Crippen molar-refractivity contribution in [1.29, 1.82) is 0 Å². The Morgan fingerprint density at radius 3 is 3.07 bits per heavy atom. The summed E-state index contributed by atoms with van der Waals surface area (Å²) >= 11 is 0. The first-order valence-electron chi connectivity index (χ1n) is 5.14. The summed E-state index contributed by atoms with van der Waals surface area (Å²) in [6.45, 7) is 2.12. The Balaban J connectivity index is 1.60. The predicted molar refractivity (Wildman–Crippen MR) is 54.0 cm³/mol. The van der Waals surface area contributed by atoms with E-state index in [-0.39, 0.29) is 0 Å². The first-order chi connectivity index (χ1) is 7.34. The van der Waals surface area contributed by atoms with E-state index in [2.05, 4.69) is 15.3 Å². The molecule has 5 heteroatoms. The number of anilines is 1. The van der Waals surface area contributed by atoms with Crippen molar-refractivity contribution in [1.82, 2.24) is 9.97 Å². The van der Waals surface area contributed by atoms with Crippen molar-refractivity contribution in [3.8, 4) is 0 Å². The zero-order valence-electron chi connectivity index (χ0n) is 8.45. The number of ether oxygens (including phenoxy) is 1. The number of hydrogen-bond acceptors (Lipinski definition) is 4. The second kappa shape index (κ2) is 5.02. The maximum Gasteiger partial charge on any atom is 0.217 e. The number of nitrogens with one attached hydrogen (secondary N) is 1. The first kappa shape index (κ1) is 10.3. The summed E-state index contributed by atoms with van der Waals surface area (Å²) in [5.74, 6) is 0.755. The van der Waals surface area contributed by atoms with Gasteiger partial charge in [0.15, 0.2) is 0 Å². The standard InChI is InChI=1S/C10H14FN3O/c11-9-5-10(14-7-13-9)12-3-4-15-6-8-1-2-8/h5,7-8H,1-4,6H2,(H,12,13,14). The molecule has 15 heavy (non-hydrogen) atoms. The molecule has 0 unspecified atom stereocenters. The molecule has 1 saturated carbocycles. The number of aromatic nitrogens is 2. The van der Waals surface area contributed by atoms with E-state index in [0.29, 0.717) is 19.0 Å². The minimum absolute atomic E-state index is 0.498. The van der Waals surface area contributed by atoms with Crippen LogP contribution < -0.4 is 5.32 Å². The molecule has 0 radical (unpaired) electrons. The largest absolute Gasteiger partial charge is 0.379 e. The normalized spacial score (nSPS) is 15.3. The fourth-order valence-corrected chi connectivity index (χ4v) is 1.22. The molecule has 4 nitrogen and oxygen atoms in total. The van der Waals surface area contributed by atoms with Gasteiger partial charge in [0.05, 0.1) is 6.61 Å². The topological polar surface area (TPSA) is 47.0 Å². The molecule has 1 heterocycles. The maximum absolute atomic E-state index is 12.6. The van der Waals surface area contributed by atoms with Gasteiger partial charge in [-0.3, -0.25) is 0 Å². The summed E-state index contributed by atoms with van der Waals surface area (Å²) in [4.78, 5) is 7.23. The van der Waals surface area contributed by atoms with E-state index < -0.39 is 5.95 Å². The zero-order chi connectivity index (χ0) is 10.5. The fraction of sp³-hybridized carbons (Fsp3) is 0.600. The third-order valence-corrected chi connectivity index (χ3v) is 2.24. The maximum atomic E-state index is 12.6. The monoisotopic (exact) mass is 211 g/mol. The Labute approximate surface area is 87.9 Å². The Hall–Kier alpha value is -1.23. The van der Waals surface area contributed by atoms with Crippen LogP contribution in [-0.4, -0.2) is 29.7 Å². The summed E-state index contributed by atoms with van der Waals surface area (Å²) < 4.78 is 18.0. The molecule has 0 aromatic carbocycles. The van der Waals surface area contributed by atoms with E-state index in [4.69, 9.17) is 4.74 Å². The van der Waals surface area contributed by atoms with Crippen molar-refractivity contribution >= 4 is 5.82 Å². The quantitative estimate of drug-likeness (QED) is 0.571. The number of hydrogen-bond donors (Lipinski definition) is 1. The van der Waals surface area contributed by atoms with Crippen LogP contribution in [0, 0.1) is 11.9 Å². The molecular weight excluding hydrogens is 197 g/mol. The van der Waals surface area contributed by atoms with Gasteiger partial charge in [0.2, 0.25) is 5.95 Å². The Kier molecular flexibility index (Phi) is 3.45. The summed E-state index contributed by atoms with van der Waals surface area (Å²) in [6.07, 6.45) is 3.79. The van der Waals surface area contributed by atoms with Crippen molar-refractivity contribution < 1.29 is 9.13 Å². The highest BCUT2D eigenvalue weighted by Gasteiger charge is 2.20. The van der Waals surface area contributed by atoms with E-state index in [9.17, 15) is 4.39 Å². The molecular formula is C10H14FN3O. The number of nitrogens with zero attached hydrogens (tertiary/aromatic N) is 2. The van der Waals surface area contributed by atoms with Crippen molar-refractivity contribution in [2.45, 2.75) is 12.8 Å². The van der Waals surface area contributed by atoms with Gasteiger partial charge in [0.1, 0.15) is 12.1 Å². The lowest BCUT2D eigenvalue weighted by Crippen LogP contribution is -2.11. The van der Waals surface area contributed by atoms with Gasteiger partial charge >= 0.3 is 0 Å². The van der Waals surface area contributed by atoms with Crippen LogP contribution in [0.15, 0.2) is 12.4 Å². The first-order valence-corrected chi connectivity index (χ1v) is 5.14. The molecule has 0 saturated heterocycles. The summed E-state index contributed by atoms with van der Waals surface area (Å²) in [6, 6.07) is 1.26. The SMILES string of the molecule is Fc1cc(NCCOCC2CC2)ncn1. The van der Waals surface area contributed by atoms with Crippen LogP contribution >= 0.6 is 0 Å². The summed E-state index contributed by atoms with van der Waals surface area (Å²) in [5.41, 5.74) is 0. The van der Waals surface area contributed by atoms with Crippen LogP contribution in [0.4, 0.5) is 10.2 Å². The second-order valence-electron chi connectivity index (χ2n) is 3.67. The summed E-state index contributed by atoms with van der Waals surface area (Å²) in [5, 5.41) is 2.96. The van der Waals surface area contributed by atoms with Crippen LogP contribution in [0.5, 0.6) is 0 Å². The van der Waals surface area contributed by atoms with Gasteiger partial charge in [0, 0.05) is 19.2 Å². The van der Waals surface area contributed by atoms with Crippen molar-refractivity contribution in [2.75, 3.05) is 25.1 Å². The van der Waals surface area contributed by atoms with Gasteiger partial charge in [-0.25, -0.2) is 9.97 Å². The van der Waals surface area contributed by atoms with Crippen molar-refractivity contribution in [2.24, 2.45) is 5.92 Å². The molecule has 0 atom stereocenters. The highest BCUT2D eigenvalue weighted by atomic mass is 19.1. The minimum atomic E-state index is -0.522. The van der Waals surface area contributed by atoms with Gasteiger partial charge in [-0.1, -0.05) is 0 Å². The molecule has 1 aliphatic carbocycles. The molecule has 82 valence electrons. The molecule has 0 spiro atoms. The minimum Gasteiger partial charge on any atom is -0.379 e. The predicted octanol–water partition coefficient (Wildman–Crippen LogP) is 1.45. The Bertz CT molecular complexity index is 317. The smallest absolute Gasteiger partial charge is 0.217 e. The van der Waals surface area contributed by atoms with Gasteiger partial charge in [-0.15, -0.1) is 0 Å². The van der Waals surface area contributed by atoms with E-state index in [1.807, 2.05) is 0 Å². The Morgan fingerprint density at radius 2 is 2.33 bits per heavy atom. The third kappa shape index (κ3) is 3.79. The average Bonchev–Trinajstić information content (AvgIpc) is 3.01. The average molecular weight is 211 g/mol. The fourth-order valence-electron chi connectivity index (χ4n) is 1.22. The van der Waals surface area contributed by atoms with Gasteiger partial charge < -0.3 is 10.1 Å². The highest BCUT2D eigenvalue weighted by molar-refractivity contribution is 5.31. The van der Waals surface area contributed by atoms with Crippen LogP contribution in [0.3, 0.4) is 0 Å². The van der Waals surface area contributed by atoms with Crippen LogP contribution in [0.2, 0.25) is 0 Å². The lowest BCUT2D eigenvalue weighted by atomic mass is 10.5. The van der Waals surface area contributed by atoms with E-state index in [1.165, 1.54) is 25.2 Å². The van der Waals surface area contributed by atoms with Crippen LogP contribution in [0.25, 0.3) is 0 Å². The molecule has 0 amide bonds. The molecule has 2 rings (SSSR count). The van der Waals surface area contributed by atoms with Gasteiger partial charge in [-0.05, 0) is 18.8 Å². The van der Waals surface area contributed by atoms with Gasteiger partial charge in [0.25, 0.3) is 0 Å². The molecule has 1 N–H and O–H groups in total. The van der Waals surface area contributed by atoms with Crippen LogP contribution in [-0.2, 0) is 4.74 Å². The van der Waals surface area contributed by atoms with Crippen LogP contribution in [0.1, 0.15) is 12.8 Å². The highest BCUT2D eigenvalue weighted by Crippen LogP contribution is 2.28. The molecule has 1 fully saturated rings. The third-order valence-electron chi connectivity index (χ3n) is 2.24. The van der Waals surface area contributed by atoms with E-state index in [1.54, 1.807) is 0 Å². The number of rotatable bonds is 6. The Morgan fingerprint density at radius 1 is 1.47 bits per heavy atom. The number of halogens is 1. The summed E-state index contributed by atoms with van der Waals surface area (Å²) in [7, 11) is 0. The lowest BCUT2D eigenvalue weighted by molar-refractivity contribution is 0.134. The zero-order valence-corrected chi connectivity index (χ0v) is 8.45. The van der Waals surface area contributed by atoms with Crippen molar-refractivity contribution in [3.05, 3.63) is 18.3 Å². The molecule has 0 aliphatic heterocycles. The van der Waals surface area contributed by atoms with E-state index in [0.717, 1.165) is 12.5 Å². The van der Waals surface area contributed by atoms with Gasteiger partial charge in [-0.2, -0.15) is 4.39 Å². The van der Waals surface area contributed by atoms with Crippen molar-refractivity contribution in [3.63, 3.8) is 0 Å². The lowest BCUT2D eigenvalue weighted by Gasteiger charge is -2.05. The molecule has 0 bridgehead atoms. The van der Waals surface area contributed by atoms with E-state index >= 15 is 0 Å². The molecule has 1 aromatic heterocycles.